The summed E-state index contributed by atoms with van der Waals surface area (Å²) in [4.78, 5) is 45.2. The molecule has 1 aliphatic heterocycles. The fraction of sp³-hybridized carbons (Fsp3) is 0.600. The molecule has 0 unspecified atom stereocenters. The van der Waals surface area contributed by atoms with Crippen LogP contribution in [0.4, 0.5) is 0 Å². The summed E-state index contributed by atoms with van der Waals surface area (Å²) in [6.07, 6.45) is 3.95. The van der Waals surface area contributed by atoms with Gasteiger partial charge in [-0.1, -0.05) is 13.8 Å². The third kappa shape index (κ3) is 5.04. The molecule has 2 aromatic heterocycles. The quantitative estimate of drug-likeness (QED) is 0.635. The van der Waals surface area contributed by atoms with Gasteiger partial charge in [-0.2, -0.15) is 0 Å². The third-order valence-electron chi connectivity index (χ3n) is 5.39. The fourth-order valence-corrected chi connectivity index (χ4v) is 3.83. The van der Waals surface area contributed by atoms with Crippen molar-refractivity contribution in [3.05, 3.63) is 38.2 Å². The van der Waals surface area contributed by atoms with Gasteiger partial charge in [0.1, 0.15) is 0 Å². The zero-order chi connectivity index (χ0) is 19.8. The number of fused-ring (bicyclic) bond motifs is 1. The van der Waals surface area contributed by atoms with Crippen LogP contribution in [0.3, 0.4) is 0 Å². The maximum Gasteiger partial charge on any atom is 0.330 e. The van der Waals surface area contributed by atoms with Crippen LogP contribution < -0.4 is 21.9 Å². The summed E-state index contributed by atoms with van der Waals surface area (Å²) in [6.45, 7) is 6.10. The lowest BCUT2D eigenvalue weighted by atomic mass is 10.0. The molecule has 4 rings (SSSR count). The first-order valence-corrected chi connectivity index (χ1v) is 10.1. The number of nitrogens with zero attached hydrogens (tertiary/aromatic N) is 2. The Bertz CT molecular complexity index is 1020. The van der Waals surface area contributed by atoms with Gasteiger partial charge >= 0.3 is 5.69 Å². The fourth-order valence-electron chi connectivity index (χ4n) is 3.83. The highest BCUT2D eigenvalue weighted by atomic mass is 35.5. The van der Waals surface area contributed by atoms with Gasteiger partial charge in [-0.25, -0.2) is 9.78 Å². The maximum absolute atomic E-state index is 13.1. The van der Waals surface area contributed by atoms with Crippen molar-refractivity contribution < 1.29 is 4.79 Å². The van der Waals surface area contributed by atoms with Crippen LogP contribution in [-0.4, -0.2) is 39.6 Å². The predicted octanol–water partition coefficient (Wildman–Crippen LogP) is 1.94. The number of hydrogen-bond acceptors (Lipinski definition) is 5. The molecule has 30 heavy (non-hydrogen) atoms. The van der Waals surface area contributed by atoms with Crippen LogP contribution in [0, 0.1) is 5.92 Å². The Kier molecular flexibility index (Phi) is 8.07. The standard InChI is InChI=1S/C20H27N5O3.2ClH/c1-11(2)10-25-17-16(19(27)24-20(25)28)14(8-15(23-17)12-5-6-12)18(26)22-13-4-3-7-21-9-13;;/h8,11-13,21H,3-7,9-10H2,1-2H3,(H,22,26)(H,24,27,28);2*1H/t13-;;/m0../s1. The van der Waals surface area contributed by atoms with Crippen LogP contribution in [0.1, 0.15) is 61.5 Å². The van der Waals surface area contributed by atoms with Gasteiger partial charge in [0.2, 0.25) is 0 Å². The number of hydrogen-bond donors (Lipinski definition) is 3. The largest absolute Gasteiger partial charge is 0.348 e. The lowest BCUT2D eigenvalue weighted by molar-refractivity contribution is 0.0932. The second kappa shape index (κ2) is 9.94. The van der Waals surface area contributed by atoms with Gasteiger partial charge in [-0.05, 0) is 44.2 Å². The third-order valence-corrected chi connectivity index (χ3v) is 5.39. The van der Waals surface area contributed by atoms with E-state index < -0.39 is 11.2 Å². The van der Waals surface area contributed by atoms with Crippen molar-refractivity contribution in [2.24, 2.45) is 5.92 Å². The van der Waals surface area contributed by atoms with Crippen LogP contribution in [0.2, 0.25) is 0 Å². The number of aromatic nitrogens is 3. The average molecular weight is 458 g/mol. The van der Waals surface area contributed by atoms with E-state index in [2.05, 4.69) is 20.6 Å². The van der Waals surface area contributed by atoms with Crippen molar-refractivity contribution in [3.63, 3.8) is 0 Å². The Morgan fingerprint density at radius 1 is 1.27 bits per heavy atom. The Morgan fingerprint density at radius 2 is 2.00 bits per heavy atom. The monoisotopic (exact) mass is 457 g/mol. The van der Waals surface area contributed by atoms with Crippen molar-refractivity contribution in [1.82, 2.24) is 25.2 Å². The topological polar surface area (TPSA) is 109 Å². The average Bonchev–Trinajstić information content (AvgIpc) is 3.50. The van der Waals surface area contributed by atoms with Crippen molar-refractivity contribution in [2.75, 3.05) is 13.1 Å². The van der Waals surface area contributed by atoms with Crippen molar-refractivity contribution >= 4 is 41.8 Å². The minimum Gasteiger partial charge on any atom is -0.348 e. The number of rotatable bonds is 5. The molecule has 1 saturated heterocycles. The summed E-state index contributed by atoms with van der Waals surface area (Å²) in [5.74, 6) is 0.223. The second-order valence-electron chi connectivity index (χ2n) is 8.35. The van der Waals surface area contributed by atoms with Crippen LogP contribution in [0.15, 0.2) is 15.7 Å². The zero-order valence-corrected chi connectivity index (χ0v) is 18.8. The molecule has 10 heteroatoms. The van der Waals surface area contributed by atoms with E-state index in [0.717, 1.165) is 44.5 Å². The van der Waals surface area contributed by atoms with Gasteiger partial charge in [-0.15, -0.1) is 24.8 Å². The second-order valence-corrected chi connectivity index (χ2v) is 8.35. The van der Waals surface area contributed by atoms with Gasteiger partial charge in [-0.3, -0.25) is 19.1 Å². The van der Waals surface area contributed by atoms with Gasteiger partial charge < -0.3 is 10.6 Å². The number of piperidine rings is 1. The van der Waals surface area contributed by atoms with Crippen molar-refractivity contribution in [2.45, 2.75) is 58.0 Å². The van der Waals surface area contributed by atoms with Gasteiger partial charge in [0.15, 0.2) is 5.65 Å². The number of pyridine rings is 1. The molecule has 3 N–H and O–H groups in total. The lowest BCUT2D eigenvalue weighted by Gasteiger charge is -2.24. The molecule has 166 valence electrons. The number of H-pyrrole nitrogens is 1. The SMILES string of the molecule is CC(C)Cn1c(=O)[nH]c(=O)c2c(C(=O)N[C@H]3CCCNC3)cc(C3CC3)nc21.Cl.Cl. The van der Waals surface area contributed by atoms with Crippen LogP contribution in [0.25, 0.3) is 11.0 Å². The number of carbonyl (C=O) groups is 1. The molecule has 2 aliphatic rings. The van der Waals surface area contributed by atoms with E-state index in [1.54, 1.807) is 6.07 Å². The van der Waals surface area contributed by atoms with E-state index in [1.165, 1.54) is 4.57 Å². The molecule has 1 saturated carbocycles. The first-order chi connectivity index (χ1) is 13.4. The molecular weight excluding hydrogens is 429 g/mol. The van der Waals surface area contributed by atoms with Gasteiger partial charge in [0.25, 0.3) is 11.5 Å². The Labute approximate surface area is 187 Å². The van der Waals surface area contributed by atoms with Gasteiger partial charge in [0.05, 0.1) is 10.9 Å². The molecule has 3 heterocycles. The summed E-state index contributed by atoms with van der Waals surface area (Å²) in [5.41, 5.74) is 0.396. The summed E-state index contributed by atoms with van der Waals surface area (Å²) in [5, 5.41) is 6.52. The number of amides is 1. The highest BCUT2D eigenvalue weighted by Crippen LogP contribution is 2.39. The van der Waals surface area contributed by atoms with Crippen LogP contribution in [0.5, 0.6) is 0 Å². The van der Waals surface area contributed by atoms with E-state index in [1.807, 2.05) is 13.8 Å². The minimum absolute atomic E-state index is 0. The minimum atomic E-state index is -0.554. The van der Waals surface area contributed by atoms with Gasteiger partial charge in [0, 0.05) is 30.7 Å². The molecule has 0 radical (unpaired) electrons. The first-order valence-electron chi connectivity index (χ1n) is 10.1. The Balaban J connectivity index is 0.00000160. The molecule has 0 aromatic carbocycles. The van der Waals surface area contributed by atoms with E-state index >= 15 is 0 Å². The normalized spacial score (nSPS) is 18.6. The highest BCUT2D eigenvalue weighted by Gasteiger charge is 2.29. The number of halogens is 2. The maximum atomic E-state index is 13.1. The van der Waals surface area contributed by atoms with E-state index in [0.29, 0.717) is 23.7 Å². The Morgan fingerprint density at radius 3 is 2.60 bits per heavy atom. The molecule has 8 nitrogen and oxygen atoms in total. The molecule has 0 bridgehead atoms. The summed E-state index contributed by atoms with van der Waals surface area (Å²) >= 11 is 0. The molecular formula is C20H29Cl2N5O3. The predicted molar refractivity (Wildman–Crippen MR) is 121 cm³/mol. The molecule has 1 amide bonds. The molecule has 0 spiro atoms. The zero-order valence-electron chi connectivity index (χ0n) is 17.2. The molecule has 1 atom stereocenters. The van der Waals surface area contributed by atoms with E-state index in [-0.39, 0.29) is 48.1 Å². The van der Waals surface area contributed by atoms with Crippen LogP contribution in [-0.2, 0) is 6.54 Å². The highest BCUT2D eigenvalue weighted by molar-refractivity contribution is 6.05. The summed E-state index contributed by atoms with van der Waals surface area (Å²) in [7, 11) is 0. The van der Waals surface area contributed by atoms with Crippen molar-refractivity contribution in [3.8, 4) is 0 Å². The van der Waals surface area contributed by atoms with E-state index in [9.17, 15) is 14.4 Å². The smallest absolute Gasteiger partial charge is 0.330 e. The molecule has 1 aliphatic carbocycles. The Hall–Kier alpha value is -1.90. The number of aromatic amines is 1. The number of carbonyl (C=O) groups excluding carboxylic acids is 1. The summed E-state index contributed by atoms with van der Waals surface area (Å²) in [6, 6.07) is 1.78. The van der Waals surface area contributed by atoms with Crippen LogP contribution >= 0.6 is 24.8 Å². The first kappa shape index (κ1) is 24.4. The van der Waals surface area contributed by atoms with Crippen molar-refractivity contribution in [1.29, 1.82) is 0 Å². The van der Waals surface area contributed by atoms with E-state index in [4.69, 9.17) is 0 Å². The summed E-state index contributed by atoms with van der Waals surface area (Å²) < 4.78 is 1.49. The molecule has 2 aromatic rings. The molecule has 2 fully saturated rings. The lowest BCUT2D eigenvalue weighted by Crippen LogP contribution is -2.46. The number of nitrogens with one attached hydrogen (secondary N) is 3.